The lowest BCUT2D eigenvalue weighted by Crippen LogP contribution is -2.34. The number of rotatable bonds is 8. The number of amides is 2. The smallest absolute Gasteiger partial charge is 0.260 e. The lowest BCUT2D eigenvalue weighted by molar-refractivity contribution is -0.133. The Morgan fingerprint density at radius 3 is 2.65 bits per heavy atom. The van der Waals surface area contributed by atoms with E-state index in [1.807, 2.05) is 13.8 Å². The molecule has 0 saturated carbocycles. The monoisotopic (exact) mass is 403 g/mol. The van der Waals surface area contributed by atoms with Gasteiger partial charge in [-0.1, -0.05) is 11.6 Å². The summed E-state index contributed by atoms with van der Waals surface area (Å²) in [6, 6.07) is 5.28. The van der Waals surface area contributed by atoms with E-state index in [0.717, 1.165) is 19.4 Å². The summed E-state index contributed by atoms with van der Waals surface area (Å²) >= 11 is 6.20. The Hall–Kier alpha value is -1.50. The first-order valence-electron chi connectivity index (χ1n) is 8.76. The summed E-state index contributed by atoms with van der Waals surface area (Å²) in [5.41, 5.74) is 0.621. The number of likely N-dealkylation sites (N-methyl/N-ethyl adjacent to an activating group) is 1. The molecule has 0 spiro atoms. The van der Waals surface area contributed by atoms with Crippen LogP contribution in [0.3, 0.4) is 0 Å². The highest BCUT2D eigenvalue weighted by atomic mass is 35.5. The zero-order chi connectivity index (χ0) is 18.2. The fourth-order valence-corrected chi connectivity index (χ4v) is 3.10. The largest absolute Gasteiger partial charge is 0.482 e. The molecule has 8 heteroatoms. The molecule has 1 aliphatic heterocycles. The van der Waals surface area contributed by atoms with E-state index in [4.69, 9.17) is 16.3 Å². The quantitative estimate of drug-likeness (QED) is 0.699. The van der Waals surface area contributed by atoms with Crippen LogP contribution in [0.2, 0.25) is 5.02 Å². The molecule has 1 aliphatic rings. The Labute approximate surface area is 166 Å². The van der Waals surface area contributed by atoms with Crippen molar-refractivity contribution < 1.29 is 14.3 Å². The highest BCUT2D eigenvalue weighted by molar-refractivity contribution is 6.32. The molecule has 2 amide bonds. The Balaban J connectivity index is 0.00000338. The standard InChI is InChI=1S/C18H26ClN3O3.ClH/c1-3-22(4-2)18(24)12-25-16-8-7-14(10-15(16)19)21-17(23)11-13-6-5-9-20-13;/h7-8,10,13,20H,3-6,9,11-12H2,1-2H3,(H,21,23);1H. The molecule has 0 aromatic heterocycles. The molecule has 6 nitrogen and oxygen atoms in total. The van der Waals surface area contributed by atoms with Crippen LogP contribution in [-0.2, 0) is 9.59 Å². The van der Waals surface area contributed by atoms with Crippen molar-refractivity contribution >= 4 is 41.5 Å². The van der Waals surface area contributed by atoms with Gasteiger partial charge in [-0.05, 0) is 51.4 Å². The maximum atomic E-state index is 12.0. The molecule has 2 rings (SSSR count). The second-order valence-corrected chi connectivity index (χ2v) is 6.45. The normalized spacial score (nSPS) is 15.9. The van der Waals surface area contributed by atoms with Crippen molar-refractivity contribution in [1.29, 1.82) is 0 Å². The second-order valence-electron chi connectivity index (χ2n) is 6.05. The lowest BCUT2D eigenvalue weighted by atomic mass is 10.1. The van der Waals surface area contributed by atoms with Gasteiger partial charge in [0, 0.05) is 31.2 Å². The Bertz CT molecular complexity index is 603. The third kappa shape index (κ3) is 6.67. The van der Waals surface area contributed by atoms with E-state index in [1.165, 1.54) is 0 Å². The van der Waals surface area contributed by atoms with Crippen LogP contribution in [0.5, 0.6) is 5.75 Å². The minimum atomic E-state index is -0.0810. The summed E-state index contributed by atoms with van der Waals surface area (Å²) in [5.74, 6) is 0.306. The van der Waals surface area contributed by atoms with E-state index in [0.29, 0.717) is 36.0 Å². The summed E-state index contributed by atoms with van der Waals surface area (Å²) in [5, 5.41) is 6.51. The molecule has 0 bridgehead atoms. The summed E-state index contributed by atoms with van der Waals surface area (Å²) in [6.07, 6.45) is 2.60. The van der Waals surface area contributed by atoms with Crippen molar-refractivity contribution in [3.05, 3.63) is 23.2 Å². The first kappa shape index (κ1) is 22.5. The van der Waals surface area contributed by atoms with Crippen LogP contribution in [-0.4, -0.2) is 49.0 Å². The van der Waals surface area contributed by atoms with Gasteiger partial charge in [0.2, 0.25) is 5.91 Å². The third-order valence-electron chi connectivity index (χ3n) is 4.28. The van der Waals surface area contributed by atoms with Crippen LogP contribution in [0.4, 0.5) is 5.69 Å². The molecule has 0 radical (unpaired) electrons. The number of benzene rings is 1. The van der Waals surface area contributed by atoms with E-state index in [1.54, 1.807) is 23.1 Å². The summed E-state index contributed by atoms with van der Waals surface area (Å²) < 4.78 is 5.50. The van der Waals surface area contributed by atoms with Gasteiger partial charge in [-0.25, -0.2) is 0 Å². The van der Waals surface area contributed by atoms with Crippen LogP contribution >= 0.6 is 24.0 Å². The van der Waals surface area contributed by atoms with Crippen LogP contribution in [0.1, 0.15) is 33.1 Å². The van der Waals surface area contributed by atoms with Crippen molar-refractivity contribution in [2.75, 3.05) is 31.6 Å². The fraction of sp³-hybridized carbons (Fsp3) is 0.556. The summed E-state index contributed by atoms with van der Waals surface area (Å²) in [4.78, 5) is 25.7. The molecule has 1 saturated heterocycles. The number of nitrogens with one attached hydrogen (secondary N) is 2. The molecule has 2 N–H and O–H groups in total. The molecule has 146 valence electrons. The van der Waals surface area contributed by atoms with E-state index >= 15 is 0 Å². The number of halogens is 2. The number of hydrogen-bond acceptors (Lipinski definition) is 4. The summed E-state index contributed by atoms with van der Waals surface area (Å²) in [7, 11) is 0. The van der Waals surface area contributed by atoms with Gasteiger partial charge >= 0.3 is 0 Å². The van der Waals surface area contributed by atoms with Gasteiger partial charge in [0.05, 0.1) is 5.02 Å². The van der Waals surface area contributed by atoms with Crippen molar-refractivity contribution in [3.8, 4) is 5.75 Å². The second kappa shape index (κ2) is 11.3. The zero-order valence-electron chi connectivity index (χ0n) is 15.2. The summed E-state index contributed by atoms with van der Waals surface area (Å²) in [6.45, 7) is 6.06. The molecule has 0 aliphatic carbocycles. The topological polar surface area (TPSA) is 70.7 Å². The number of carbonyl (C=O) groups is 2. The average molecular weight is 404 g/mol. The van der Waals surface area contributed by atoms with Crippen molar-refractivity contribution in [3.63, 3.8) is 0 Å². The van der Waals surface area contributed by atoms with Gasteiger partial charge in [0.1, 0.15) is 5.75 Å². The van der Waals surface area contributed by atoms with Crippen molar-refractivity contribution in [1.82, 2.24) is 10.2 Å². The Kier molecular flexibility index (Phi) is 9.76. The highest BCUT2D eigenvalue weighted by Gasteiger charge is 2.18. The minimum absolute atomic E-state index is 0. The molecule has 1 unspecified atom stereocenters. The van der Waals surface area contributed by atoms with Crippen LogP contribution in [0.15, 0.2) is 18.2 Å². The van der Waals surface area contributed by atoms with E-state index in [-0.39, 0.29) is 36.9 Å². The molecular formula is C18H27Cl2N3O3. The van der Waals surface area contributed by atoms with Gasteiger partial charge in [-0.3, -0.25) is 9.59 Å². The van der Waals surface area contributed by atoms with E-state index in [9.17, 15) is 9.59 Å². The first-order valence-corrected chi connectivity index (χ1v) is 9.14. The van der Waals surface area contributed by atoms with Gasteiger partial charge < -0.3 is 20.3 Å². The van der Waals surface area contributed by atoms with Crippen molar-refractivity contribution in [2.45, 2.75) is 39.2 Å². The van der Waals surface area contributed by atoms with Gasteiger partial charge in [-0.2, -0.15) is 0 Å². The number of ether oxygens (including phenoxy) is 1. The SMILES string of the molecule is CCN(CC)C(=O)COc1ccc(NC(=O)CC2CCCN2)cc1Cl.Cl. The van der Waals surface area contributed by atoms with Crippen molar-refractivity contribution in [2.24, 2.45) is 0 Å². The number of nitrogens with zero attached hydrogens (tertiary/aromatic N) is 1. The fourth-order valence-electron chi connectivity index (χ4n) is 2.87. The molecule has 1 aromatic carbocycles. The van der Waals surface area contributed by atoms with Crippen LogP contribution in [0, 0.1) is 0 Å². The molecule has 26 heavy (non-hydrogen) atoms. The molecule has 1 fully saturated rings. The third-order valence-corrected chi connectivity index (χ3v) is 4.57. The number of carbonyl (C=O) groups excluding carboxylic acids is 2. The first-order chi connectivity index (χ1) is 12.0. The van der Waals surface area contributed by atoms with Crippen LogP contribution < -0.4 is 15.4 Å². The molecule has 1 heterocycles. The Morgan fingerprint density at radius 1 is 1.35 bits per heavy atom. The number of hydrogen-bond donors (Lipinski definition) is 2. The van der Waals surface area contributed by atoms with Gasteiger partial charge in [0.25, 0.3) is 5.91 Å². The zero-order valence-corrected chi connectivity index (χ0v) is 16.8. The molecule has 1 atom stereocenters. The highest BCUT2D eigenvalue weighted by Crippen LogP contribution is 2.28. The van der Waals surface area contributed by atoms with Gasteiger partial charge in [-0.15, -0.1) is 12.4 Å². The minimum Gasteiger partial charge on any atom is -0.482 e. The predicted octanol–water partition coefficient (Wildman–Crippen LogP) is 3.09. The molecule has 1 aromatic rings. The Morgan fingerprint density at radius 2 is 2.08 bits per heavy atom. The van der Waals surface area contributed by atoms with Crippen LogP contribution in [0.25, 0.3) is 0 Å². The van der Waals surface area contributed by atoms with E-state index in [2.05, 4.69) is 10.6 Å². The average Bonchev–Trinajstić information content (AvgIpc) is 3.08. The van der Waals surface area contributed by atoms with Gasteiger partial charge in [0.15, 0.2) is 6.61 Å². The van der Waals surface area contributed by atoms with E-state index < -0.39 is 0 Å². The maximum absolute atomic E-state index is 12.0. The predicted molar refractivity (Wildman–Crippen MR) is 106 cm³/mol. The number of anilines is 1. The lowest BCUT2D eigenvalue weighted by Gasteiger charge is -2.19. The molecular weight excluding hydrogens is 377 g/mol. The maximum Gasteiger partial charge on any atom is 0.260 e.